The van der Waals surface area contributed by atoms with Crippen molar-refractivity contribution >= 4 is 17.7 Å². The molecule has 0 aliphatic carbocycles. The summed E-state index contributed by atoms with van der Waals surface area (Å²) < 4.78 is 5.25. The molecule has 2 fully saturated rings. The molecule has 0 N–H and O–H groups in total. The first-order chi connectivity index (χ1) is 12.0. The standard InChI is InChI=1S/C18H31N3O4/c1-3-25-14-7-17(23)20-8-4-9-21(13-12-20)18(24)16-5-10-19(11-6-16)15(2)22/h16H,3-14H2,1-2H3. The van der Waals surface area contributed by atoms with Gasteiger partial charge in [-0.05, 0) is 26.2 Å². The summed E-state index contributed by atoms with van der Waals surface area (Å²) in [4.78, 5) is 41.9. The van der Waals surface area contributed by atoms with Gasteiger partial charge < -0.3 is 19.4 Å². The molecule has 0 unspecified atom stereocenters. The first-order valence-corrected chi connectivity index (χ1v) is 9.42. The average Bonchev–Trinajstić information content (AvgIpc) is 2.87. The highest BCUT2D eigenvalue weighted by molar-refractivity contribution is 5.80. The molecule has 2 aliphatic heterocycles. The lowest BCUT2D eigenvalue weighted by Gasteiger charge is -2.33. The molecule has 2 rings (SSSR count). The van der Waals surface area contributed by atoms with Crippen LogP contribution in [0.3, 0.4) is 0 Å². The van der Waals surface area contributed by atoms with E-state index in [1.807, 2.05) is 21.6 Å². The lowest BCUT2D eigenvalue weighted by molar-refractivity contribution is -0.140. The van der Waals surface area contributed by atoms with Gasteiger partial charge in [0.15, 0.2) is 0 Å². The second kappa shape index (κ2) is 9.75. The molecular formula is C18H31N3O4. The molecule has 0 aromatic rings. The van der Waals surface area contributed by atoms with Crippen LogP contribution in [0.15, 0.2) is 0 Å². The van der Waals surface area contributed by atoms with Crippen molar-refractivity contribution in [1.82, 2.24) is 14.7 Å². The summed E-state index contributed by atoms with van der Waals surface area (Å²) >= 11 is 0. The number of carbonyl (C=O) groups excluding carboxylic acids is 3. The van der Waals surface area contributed by atoms with Crippen LogP contribution >= 0.6 is 0 Å². The smallest absolute Gasteiger partial charge is 0.225 e. The minimum atomic E-state index is 0.0100. The van der Waals surface area contributed by atoms with E-state index >= 15 is 0 Å². The van der Waals surface area contributed by atoms with Crippen LogP contribution in [-0.2, 0) is 19.1 Å². The van der Waals surface area contributed by atoms with Gasteiger partial charge in [0, 0.05) is 58.7 Å². The molecule has 0 saturated carbocycles. The van der Waals surface area contributed by atoms with Crippen molar-refractivity contribution < 1.29 is 19.1 Å². The van der Waals surface area contributed by atoms with Crippen LogP contribution in [0.5, 0.6) is 0 Å². The topological polar surface area (TPSA) is 70.2 Å². The molecular weight excluding hydrogens is 322 g/mol. The average molecular weight is 353 g/mol. The van der Waals surface area contributed by atoms with Gasteiger partial charge in [-0.25, -0.2) is 0 Å². The van der Waals surface area contributed by atoms with E-state index in [-0.39, 0.29) is 23.6 Å². The van der Waals surface area contributed by atoms with Crippen LogP contribution in [0.1, 0.15) is 39.5 Å². The van der Waals surface area contributed by atoms with Gasteiger partial charge in [-0.3, -0.25) is 14.4 Å². The van der Waals surface area contributed by atoms with Gasteiger partial charge in [0.25, 0.3) is 0 Å². The van der Waals surface area contributed by atoms with Crippen LogP contribution in [0.2, 0.25) is 0 Å². The Balaban J connectivity index is 1.79. The molecule has 2 saturated heterocycles. The number of piperidine rings is 1. The largest absolute Gasteiger partial charge is 0.381 e. The predicted octanol–water partition coefficient (Wildman–Crippen LogP) is 0.732. The Morgan fingerprint density at radius 1 is 0.920 bits per heavy atom. The SMILES string of the molecule is CCOCCC(=O)N1CCCN(C(=O)C2CCN(C(C)=O)CC2)CC1. The summed E-state index contributed by atoms with van der Waals surface area (Å²) in [6.45, 7) is 8.53. The summed E-state index contributed by atoms with van der Waals surface area (Å²) in [7, 11) is 0. The second-order valence-corrected chi connectivity index (χ2v) is 6.79. The van der Waals surface area contributed by atoms with Gasteiger partial charge in [-0.2, -0.15) is 0 Å². The Labute approximate surface area is 150 Å². The molecule has 0 spiro atoms. The summed E-state index contributed by atoms with van der Waals surface area (Å²) in [6.07, 6.45) is 2.71. The van der Waals surface area contributed by atoms with Crippen LogP contribution in [0.25, 0.3) is 0 Å². The van der Waals surface area contributed by atoms with Gasteiger partial charge in [-0.1, -0.05) is 0 Å². The molecule has 3 amide bonds. The Kier molecular flexibility index (Phi) is 7.68. The number of amides is 3. The number of hydrogen-bond donors (Lipinski definition) is 0. The van der Waals surface area contributed by atoms with Crippen molar-refractivity contribution in [3.05, 3.63) is 0 Å². The van der Waals surface area contributed by atoms with Crippen molar-refractivity contribution in [2.75, 3.05) is 52.5 Å². The van der Waals surface area contributed by atoms with Gasteiger partial charge in [0.05, 0.1) is 13.0 Å². The first kappa shape index (κ1) is 19.7. The fourth-order valence-electron chi connectivity index (χ4n) is 3.55. The molecule has 0 bridgehead atoms. The fourth-order valence-corrected chi connectivity index (χ4v) is 3.55. The zero-order chi connectivity index (χ0) is 18.2. The first-order valence-electron chi connectivity index (χ1n) is 9.42. The zero-order valence-electron chi connectivity index (χ0n) is 15.5. The number of hydrogen-bond acceptors (Lipinski definition) is 4. The molecule has 25 heavy (non-hydrogen) atoms. The quantitative estimate of drug-likeness (QED) is 0.684. The molecule has 0 radical (unpaired) electrons. The van der Waals surface area contributed by atoms with Crippen molar-refractivity contribution in [3.8, 4) is 0 Å². The number of ether oxygens (including phenoxy) is 1. The second-order valence-electron chi connectivity index (χ2n) is 6.79. The highest BCUT2D eigenvalue weighted by Crippen LogP contribution is 2.20. The Morgan fingerprint density at radius 3 is 2.20 bits per heavy atom. The molecule has 0 atom stereocenters. The Morgan fingerprint density at radius 2 is 1.56 bits per heavy atom. The van der Waals surface area contributed by atoms with E-state index in [9.17, 15) is 14.4 Å². The fraction of sp³-hybridized carbons (Fsp3) is 0.833. The molecule has 0 aromatic heterocycles. The maximum atomic E-state index is 12.8. The summed E-state index contributed by atoms with van der Waals surface area (Å²) in [5.41, 5.74) is 0. The van der Waals surface area contributed by atoms with Gasteiger partial charge in [0.2, 0.25) is 17.7 Å². The van der Waals surface area contributed by atoms with Crippen molar-refractivity contribution in [3.63, 3.8) is 0 Å². The zero-order valence-corrected chi connectivity index (χ0v) is 15.5. The number of nitrogens with zero attached hydrogens (tertiary/aromatic N) is 3. The number of carbonyl (C=O) groups is 3. The normalized spacial score (nSPS) is 19.7. The summed E-state index contributed by atoms with van der Waals surface area (Å²) in [5.74, 6) is 0.391. The molecule has 7 heteroatoms. The van der Waals surface area contributed by atoms with Crippen molar-refractivity contribution in [2.45, 2.75) is 39.5 Å². The number of likely N-dealkylation sites (tertiary alicyclic amines) is 1. The predicted molar refractivity (Wildman–Crippen MR) is 93.9 cm³/mol. The third-order valence-corrected chi connectivity index (χ3v) is 5.11. The minimum absolute atomic E-state index is 0.0100. The maximum absolute atomic E-state index is 12.8. The Bertz CT molecular complexity index is 475. The lowest BCUT2D eigenvalue weighted by atomic mass is 9.95. The lowest BCUT2D eigenvalue weighted by Crippen LogP contribution is -2.45. The third kappa shape index (κ3) is 5.70. The van der Waals surface area contributed by atoms with Crippen LogP contribution in [-0.4, -0.2) is 84.9 Å². The molecule has 0 aromatic carbocycles. The molecule has 142 valence electrons. The van der Waals surface area contributed by atoms with E-state index in [2.05, 4.69) is 0 Å². The molecule has 2 aliphatic rings. The van der Waals surface area contributed by atoms with E-state index in [0.717, 1.165) is 19.3 Å². The minimum Gasteiger partial charge on any atom is -0.381 e. The van der Waals surface area contributed by atoms with E-state index in [1.165, 1.54) is 0 Å². The van der Waals surface area contributed by atoms with Crippen molar-refractivity contribution in [1.29, 1.82) is 0 Å². The van der Waals surface area contributed by atoms with E-state index < -0.39 is 0 Å². The number of rotatable bonds is 5. The third-order valence-electron chi connectivity index (χ3n) is 5.11. The molecule has 7 nitrogen and oxygen atoms in total. The maximum Gasteiger partial charge on any atom is 0.225 e. The van der Waals surface area contributed by atoms with Gasteiger partial charge in [0.1, 0.15) is 0 Å². The summed E-state index contributed by atoms with van der Waals surface area (Å²) in [5, 5.41) is 0. The molecule has 2 heterocycles. The Hall–Kier alpha value is -1.63. The highest BCUT2D eigenvalue weighted by atomic mass is 16.5. The van der Waals surface area contributed by atoms with Gasteiger partial charge >= 0.3 is 0 Å². The summed E-state index contributed by atoms with van der Waals surface area (Å²) in [6, 6.07) is 0. The van der Waals surface area contributed by atoms with Crippen LogP contribution < -0.4 is 0 Å². The monoisotopic (exact) mass is 353 g/mol. The van der Waals surface area contributed by atoms with E-state index in [0.29, 0.717) is 58.9 Å². The van der Waals surface area contributed by atoms with E-state index in [4.69, 9.17) is 4.74 Å². The van der Waals surface area contributed by atoms with Crippen LogP contribution in [0, 0.1) is 5.92 Å². The van der Waals surface area contributed by atoms with Crippen LogP contribution in [0.4, 0.5) is 0 Å². The van der Waals surface area contributed by atoms with E-state index in [1.54, 1.807) is 6.92 Å². The van der Waals surface area contributed by atoms with Gasteiger partial charge in [-0.15, -0.1) is 0 Å². The van der Waals surface area contributed by atoms with Crippen molar-refractivity contribution in [2.24, 2.45) is 5.92 Å². The highest BCUT2D eigenvalue weighted by Gasteiger charge is 2.30.